The lowest BCUT2D eigenvalue weighted by molar-refractivity contribution is 0.0173. The van der Waals surface area contributed by atoms with Crippen LogP contribution in [0.15, 0.2) is 35.3 Å². The van der Waals surface area contributed by atoms with E-state index < -0.39 is 0 Å². The Morgan fingerprint density at radius 3 is 2.10 bits per heavy atom. The second-order valence-corrected chi connectivity index (χ2v) is 9.85. The summed E-state index contributed by atoms with van der Waals surface area (Å²) in [6.07, 6.45) is 10.5. The van der Waals surface area contributed by atoms with E-state index in [0.717, 1.165) is 19.0 Å². The Kier molecular flexibility index (Phi) is 9.05. The third kappa shape index (κ3) is 5.74. The summed E-state index contributed by atoms with van der Waals surface area (Å²) >= 11 is 0. The van der Waals surface area contributed by atoms with Crippen LogP contribution in [0.25, 0.3) is 0 Å². The molecular formula is C25H42IN5. The average Bonchev–Trinajstić information content (AvgIpc) is 2.78. The maximum Gasteiger partial charge on any atom is 0.191 e. The summed E-state index contributed by atoms with van der Waals surface area (Å²) in [5, 5.41) is 7.43. The summed E-state index contributed by atoms with van der Waals surface area (Å²) in [7, 11) is 4.17. The van der Waals surface area contributed by atoms with Crippen molar-refractivity contribution in [2.45, 2.75) is 62.3 Å². The highest BCUT2D eigenvalue weighted by Crippen LogP contribution is 2.43. The van der Waals surface area contributed by atoms with Crippen molar-refractivity contribution >= 4 is 29.9 Å². The molecule has 3 fully saturated rings. The Morgan fingerprint density at radius 2 is 1.52 bits per heavy atom. The van der Waals surface area contributed by atoms with Gasteiger partial charge in [0.25, 0.3) is 0 Å². The quantitative estimate of drug-likeness (QED) is 0.328. The van der Waals surface area contributed by atoms with Crippen LogP contribution in [0, 0.1) is 0 Å². The fraction of sp³-hybridized carbons (Fsp3) is 0.720. The molecule has 1 aromatic rings. The fourth-order valence-corrected chi connectivity index (χ4v) is 5.69. The van der Waals surface area contributed by atoms with E-state index in [0.29, 0.717) is 0 Å². The molecule has 3 aliphatic rings. The van der Waals surface area contributed by atoms with Crippen LogP contribution in [0.3, 0.4) is 0 Å². The first-order chi connectivity index (χ1) is 14.7. The number of aliphatic imine (C=N–C) groups is 1. The van der Waals surface area contributed by atoms with Crippen LogP contribution in [0.4, 0.5) is 0 Å². The predicted octanol–water partition coefficient (Wildman–Crippen LogP) is 3.84. The molecule has 2 N–H and O–H groups in total. The van der Waals surface area contributed by atoms with E-state index in [1.54, 1.807) is 0 Å². The fourth-order valence-electron chi connectivity index (χ4n) is 5.69. The highest BCUT2D eigenvalue weighted by Gasteiger charge is 2.41. The van der Waals surface area contributed by atoms with Crippen molar-refractivity contribution in [1.29, 1.82) is 0 Å². The molecule has 0 amide bonds. The van der Waals surface area contributed by atoms with Gasteiger partial charge in [-0.2, -0.15) is 0 Å². The number of hydrogen-bond donors (Lipinski definition) is 2. The molecule has 6 heteroatoms. The molecule has 1 saturated carbocycles. The first kappa shape index (κ1) is 24.8. The van der Waals surface area contributed by atoms with E-state index in [4.69, 9.17) is 0 Å². The summed E-state index contributed by atoms with van der Waals surface area (Å²) in [6.45, 7) is 6.88. The number of benzene rings is 1. The van der Waals surface area contributed by atoms with Gasteiger partial charge in [0.2, 0.25) is 0 Å². The largest absolute Gasteiger partial charge is 0.356 e. The van der Waals surface area contributed by atoms with Crippen molar-refractivity contribution in [3.8, 4) is 0 Å². The molecule has 0 atom stereocenters. The van der Waals surface area contributed by atoms with Crippen LogP contribution < -0.4 is 10.6 Å². The van der Waals surface area contributed by atoms with Gasteiger partial charge in [-0.1, -0.05) is 43.2 Å². The van der Waals surface area contributed by atoms with Crippen LogP contribution in [0.2, 0.25) is 0 Å². The van der Waals surface area contributed by atoms with E-state index >= 15 is 0 Å². The third-order valence-electron chi connectivity index (χ3n) is 8.04. The smallest absolute Gasteiger partial charge is 0.191 e. The first-order valence-electron chi connectivity index (χ1n) is 12.1. The Balaban J connectivity index is 0.00000272. The highest BCUT2D eigenvalue weighted by atomic mass is 127. The van der Waals surface area contributed by atoms with Gasteiger partial charge in [0, 0.05) is 31.1 Å². The van der Waals surface area contributed by atoms with Crippen molar-refractivity contribution in [3.63, 3.8) is 0 Å². The van der Waals surface area contributed by atoms with Gasteiger partial charge >= 0.3 is 0 Å². The number of halogens is 1. The van der Waals surface area contributed by atoms with Crippen LogP contribution in [0.5, 0.6) is 0 Å². The number of nitrogens with one attached hydrogen (secondary N) is 2. The molecule has 4 rings (SSSR count). The Hall–Kier alpha value is -0.860. The molecule has 0 radical (unpaired) electrons. The van der Waals surface area contributed by atoms with Crippen LogP contribution in [0.1, 0.15) is 56.9 Å². The average molecular weight is 540 g/mol. The lowest BCUT2D eigenvalue weighted by atomic mass is 9.64. The molecule has 1 aromatic carbocycles. The van der Waals surface area contributed by atoms with Crippen molar-refractivity contribution in [3.05, 3.63) is 35.9 Å². The molecule has 2 saturated heterocycles. The lowest BCUT2D eigenvalue weighted by Gasteiger charge is -2.50. The van der Waals surface area contributed by atoms with Gasteiger partial charge in [-0.3, -0.25) is 9.89 Å². The van der Waals surface area contributed by atoms with E-state index in [9.17, 15) is 0 Å². The Morgan fingerprint density at radius 1 is 0.871 bits per heavy atom. The molecule has 31 heavy (non-hydrogen) atoms. The Bertz CT molecular complexity index is 689. The van der Waals surface area contributed by atoms with Crippen molar-refractivity contribution in [2.24, 2.45) is 4.99 Å². The molecule has 174 valence electrons. The predicted molar refractivity (Wildman–Crippen MR) is 142 cm³/mol. The summed E-state index contributed by atoms with van der Waals surface area (Å²) in [4.78, 5) is 9.86. The molecule has 0 unspecified atom stereocenters. The second-order valence-electron chi connectivity index (χ2n) is 9.85. The summed E-state index contributed by atoms with van der Waals surface area (Å²) < 4.78 is 0. The normalized spacial score (nSPS) is 24.0. The van der Waals surface area contributed by atoms with Crippen molar-refractivity contribution < 1.29 is 0 Å². The number of rotatable bonds is 6. The summed E-state index contributed by atoms with van der Waals surface area (Å²) in [6, 6.07) is 11.0. The zero-order chi connectivity index (χ0) is 20.9. The molecule has 5 nitrogen and oxygen atoms in total. The van der Waals surface area contributed by atoms with Gasteiger partial charge in [0.05, 0.1) is 0 Å². The monoisotopic (exact) mass is 539 g/mol. The number of guanidine groups is 1. The van der Waals surface area contributed by atoms with E-state index in [-0.39, 0.29) is 34.9 Å². The number of likely N-dealkylation sites (tertiary alicyclic amines) is 2. The topological polar surface area (TPSA) is 42.9 Å². The van der Waals surface area contributed by atoms with Gasteiger partial charge in [0.15, 0.2) is 5.96 Å². The minimum absolute atomic E-state index is 0. The standard InChI is InChI=1S/C25H41N5.HI/c1-26-23(27-20-24(12-9-13-24)22-10-5-3-6-11-22)28-21-25(14-18-29(2)19-15-25)30-16-7-4-8-17-30;/h3,5-6,10-11H,4,7-9,12-21H2,1-2H3,(H2,26,27,28);1H. The summed E-state index contributed by atoms with van der Waals surface area (Å²) in [5.41, 5.74) is 2.02. The minimum atomic E-state index is 0. The van der Waals surface area contributed by atoms with E-state index in [1.807, 2.05) is 7.05 Å². The molecule has 2 heterocycles. The number of hydrogen-bond acceptors (Lipinski definition) is 3. The molecule has 0 aromatic heterocycles. The number of nitrogens with zero attached hydrogens (tertiary/aromatic N) is 3. The van der Waals surface area contributed by atoms with Gasteiger partial charge < -0.3 is 15.5 Å². The highest BCUT2D eigenvalue weighted by molar-refractivity contribution is 14.0. The van der Waals surface area contributed by atoms with Gasteiger partial charge in [-0.05, 0) is 77.3 Å². The lowest BCUT2D eigenvalue weighted by Crippen LogP contribution is -2.62. The molecule has 1 aliphatic carbocycles. The molecular weight excluding hydrogens is 497 g/mol. The van der Waals surface area contributed by atoms with E-state index in [1.165, 1.54) is 83.1 Å². The SMILES string of the molecule is CN=C(NCC1(c2ccccc2)CCC1)NCC1(N2CCCCC2)CCN(C)CC1.I. The van der Waals surface area contributed by atoms with Gasteiger partial charge in [-0.25, -0.2) is 0 Å². The number of piperidine rings is 2. The zero-order valence-electron chi connectivity index (χ0n) is 19.5. The maximum atomic E-state index is 4.58. The molecule has 2 aliphatic heterocycles. The van der Waals surface area contributed by atoms with Crippen LogP contribution >= 0.6 is 24.0 Å². The second kappa shape index (κ2) is 11.3. The Labute approximate surface area is 206 Å². The molecule has 0 spiro atoms. The van der Waals surface area contributed by atoms with E-state index in [2.05, 4.69) is 62.8 Å². The van der Waals surface area contributed by atoms with Gasteiger partial charge in [-0.15, -0.1) is 24.0 Å². The van der Waals surface area contributed by atoms with Crippen molar-refractivity contribution in [2.75, 3.05) is 53.4 Å². The van der Waals surface area contributed by atoms with Crippen LogP contribution in [-0.4, -0.2) is 74.7 Å². The summed E-state index contributed by atoms with van der Waals surface area (Å²) in [5.74, 6) is 0.965. The molecule has 0 bridgehead atoms. The minimum Gasteiger partial charge on any atom is -0.356 e. The third-order valence-corrected chi connectivity index (χ3v) is 8.04. The van der Waals surface area contributed by atoms with Crippen LogP contribution in [-0.2, 0) is 5.41 Å². The first-order valence-corrected chi connectivity index (χ1v) is 12.1. The van der Waals surface area contributed by atoms with Crippen molar-refractivity contribution in [1.82, 2.24) is 20.4 Å². The maximum absolute atomic E-state index is 4.58. The zero-order valence-corrected chi connectivity index (χ0v) is 21.9. The van der Waals surface area contributed by atoms with Gasteiger partial charge in [0.1, 0.15) is 0 Å².